The van der Waals surface area contributed by atoms with Gasteiger partial charge in [-0.15, -0.1) is 0 Å². The summed E-state index contributed by atoms with van der Waals surface area (Å²) in [5, 5.41) is 11.0. The van der Waals surface area contributed by atoms with Gasteiger partial charge in [0.2, 0.25) is 0 Å². The van der Waals surface area contributed by atoms with E-state index in [1.807, 2.05) is 19.1 Å². The largest absolute Gasteiger partial charge is 0.393 e. The molecular weight excluding hydrogens is 362 g/mol. The highest BCUT2D eigenvalue weighted by Gasteiger charge is 2.34. The Bertz CT molecular complexity index is 993. The molecule has 150 valence electrons. The standard InChI is InChI=1S/C23H27N5O/c1-16(29)17-8-12-27(13-9-17)23-22(24-10-11-25-23)19-14-28(15-19)21-7-6-18-4-2-3-5-20(18)26-21/h2-7,10-11,16-17,19,29H,8-9,12-15H2,1H3/t16-/m1/s1. The third kappa shape index (κ3) is 3.53. The Morgan fingerprint density at radius 1 is 0.966 bits per heavy atom. The van der Waals surface area contributed by atoms with E-state index in [9.17, 15) is 5.11 Å². The molecule has 0 unspecified atom stereocenters. The summed E-state index contributed by atoms with van der Waals surface area (Å²) in [6.45, 7) is 5.61. The lowest BCUT2D eigenvalue weighted by Crippen LogP contribution is -2.47. The molecule has 2 fully saturated rings. The first-order valence-electron chi connectivity index (χ1n) is 10.5. The van der Waals surface area contributed by atoms with Crippen molar-refractivity contribution in [2.45, 2.75) is 31.8 Å². The van der Waals surface area contributed by atoms with E-state index in [0.29, 0.717) is 11.8 Å². The molecule has 2 aliphatic rings. The zero-order valence-electron chi connectivity index (χ0n) is 16.8. The van der Waals surface area contributed by atoms with Gasteiger partial charge in [0, 0.05) is 49.9 Å². The van der Waals surface area contributed by atoms with Crippen molar-refractivity contribution in [2.75, 3.05) is 36.0 Å². The molecule has 0 spiro atoms. The van der Waals surface area contributed by atoms with Crippen LogP contribution in [-0.4, -0.2) is 52.3 Å². The van der Waals surface area contributed by atoms with E-state index in [4.69, 9.17) is 9.97 Å². The number of aromatic nitrogens is 3. The summed E-state index contributed by atoms with van der Waals surface area (Å²) in [5.41, 5.74) is 2.13. The van der Waals surface area contributed by atoms with E-state index in [1.165, 1.54) is 5.39 Å². The highest BCUT2D eigenvalue weighted by atomic mass is 16.3. The van der Waals surface area contributed by atoms with Gasteiger partial charge in [-0.1, -0.05) is 18.2 Å². The Balaban J connectivity index is 1.29. The molecule has 1 aromatic carbocycles. The van der Waals surface area contributed by atoms with Crippen molar-refractivity contribution in [3.8, 4) is 0 Å². The van der Waals surface area contributed by atoms with E-state index in [1.54, 1.807) is 12.4 Å². The lowest BCUT2D eigenvalue weighted by molar-refractivity contribution is 0.109. The molecule has 6 heteroatoms. The fourth-order valence-electron chi connectivity index (χ4n) is 4.54. The predicted molar refractivity (Wildman–Crippen MR) is 115 cm³/mol. The second kappa shape index (κ2) is 7.59. The van der Waals surface area contributed by atoms with Crippen molar-refractivity contribution in [1.29, 1.82) is 0 Å². The zero-order valence-corrected chi connectivity index (χ0v) is 16.8. The Morgan fingerprint density at radius 3 is 2.52 bits per heavy atom. The maximum Gasteiger partial charge on any atom is 0.150 e. The molecule has 2 saturated heterocycles. The van der Waals surface area contributed by atoms with Gasteiger partial charge < -0.3 is 14.9 Å². The van der Waals surface area contributed by atoms with Crippen LogP contribution in [0.15, 0.2) is 48.8 Å². The number of aliphatic hydroxyl groups excluding tert-OH is 1. The van der Waals surface area contributed by atoms with E-state index >= 15 is 0 Å². The highest BCUT2D eigenvalue weighted by Crippen LogP contribution is 2.35. The summed E-state index contributed by atoms with van der Waals surface area (Å²) in [7, 11) is 0. The van der Waals surface area contributed by atoms with Gasteiger partial charge in [0.25, 0.3) is 0 Å². The second-order valence-corrected chi connectivity index (χ2v) is 8.29. The summed E-state index contributed by atoms with van der Waals surface area (Å²) >= 11 is 0. The molecule has 0 aliphatic carbocycles. The van der Waals surface area contributed by atoms with E-state index in [2.05, 4.69) is 39.0 Å². The Kier molecular flexibility index (Phi) is 4.79. The minimum Gasteiger partial charge on any atom is -0.393 e. The number of rotatable bonds is 4. The summed E-state index contributed by atoms with van der Waals surface area (Å²) < 4.78 is 0. The SMILES string of the molecule is C[C@@H](O)C1CCN(c2nccnc2C2CN(c3ccc4ccccc4n3)C2)CC1. The van der Waals surface area contributed by atoms with Crippen LogP contribution in [0.25, 0.3) is 10.9 Å². The minimum atomic E-state index is -0.229. The molecule has 4 heterocycles. The van der Waals surface area contributed by atoms with Crippen molar-refractivity contribution >= 4 is 22.5 Å². The first-order valence-corrected chi connectivity index (χ1v) is 10.5. The van der Waals surface area contributed by atoms with Gasteiger partial charge in [-0.05, 0) is 43.9 Å². The molecule has 0 saturated carbocycles. The third-order valence-electron chi connectivity index (χ3n) is 6.40. The van der Waals surface area contributed by atoms with Crippen LogP contribution in [0.4, 0.5) is 11.6 Å². The summed E-state index contributed by atoms with van der Waals surface area (Å²) in [6.07, 6.45) is 5.38. The first kappa shape index (κ1) is 18.3. The molecule has 0 radical (unpaired) electrons. The van der Waals surface area contributed by atoms with Gasteiger partial charge in [0.05, 0.1) is 17.3 Å². The number of hydrogen-bond donors (Lipinski definition) is 1. The van der Waals surface area contributed by atoms with E-state index in [-0.39, 0.29) is 6.10 Å². The van der Waals surface area contributed by atoms with Crippen molar-refractivity contribution < 1.29 is 5.11 Å². The molecule has 29 heavy (non-hydrogen) atoms. The number of anilines is 2. The van der Waals surface area contributed by atoms with Crippen LogP contribution in [0.1, 0.15) is 31.4 Å². The van der Waals surface area contributed by atoms with Crippen molar-refractivity contribution in [1.82, 2.24) is 15.0 Å². The fraction of sp³-hybridized carbons (Fsp3) is 0.435. The smallest absolute Gasteiger partial charge is 0.150 e. The van der Waals surface area contributed by atoms with Gasteiger partial charge in [-0.3, -0.25) is 4.98 Å². The Morgan fingerprint density at radius 2 is 1.72 bits per heavy atom. The van der Waals surface area contributed by atoms with E-state index in [0.717, 1.165) is 61.9 Å². The third-order valence-corrected chi connectivity index (χ3v) is 6.40. The fourth-order valence-corrected chi connectivity index (χ4v) is 4.54. The summed E-state index contributed by atoms with van der Waals surface area (Å²) in [4.78, 5) is 18.9. The number of benzene rings is 1. The van der Waals surface area contributed by atoms with Gasteiger partial charge >= 0.3 is 0 Å². The van der Waals surface area contributed by atoms with Crippen LogP contribution in [0.2, 0.25) is 0 Å². The monoisotopic (exact) mass is 389 g/mol. The molecule has 5 rings (SSSR count). The zero-order chi connectivity index (χ0) is 19.8. The molecule has 3 aromatic rings. The first-order chi connectivity index (χ1) is 14.2. The highest BCUT2D eigenvalue weighted by molar-refractivity contribution is 5.80. The second-order valence-electron chi connectivity index (χ2n) is 8.29. The lowest BCUT2D eigenvalue weighted by atomic mass is 9.91. The van der Waals surface area contributed by atoms with Crippen LogP contribution >= 0.6 is 0 Å². The lowest BCUT2D eigenvalue weighted by Gasteiger charge is -2.42. The Labute approximate surface area is 171 Å². The van der Waals surface area contributed by atoms with Gasteiger partial charge in [0.1, 0.15) is 5.82 Å². The summed E-state index contributed by atoms with van der Waals surface area (Å²) in [6, 6.07) is 12.5. The van der Waals surface area contributed by atoms with Crippen LogP contribution in [0.5, 0.6) is 0 Å². The average Bonchev–Trinajstić information content (AvgIpc) is 2.73. The average molecular weight is 390 g/mol. The van der Waals surface area contributed by atoms with Crippen molar-refractivity contribution in [2.24, 2.45) is 5.92 Å². The predicted octanol–water partition coefficient (Wildman–Crippen LogP) is 3.23. The van der Waals surface area contributed by atoms with Crippen molar-refractivity contribution in [3.63, 3.8) is 0 Å². The van der Waals surface area contributed by atoms with Gasteiger partial charge in [-0.25, -0.2) is 9.97 Å². The Hall–Kier alpha value is -2.73. The van der Waals surface area contributed by atoms with Gasteiger partial charge in [-0.2, -0.15) is 0 Å². The summed E-state index contributed by atoms with van der Waals surface area (Å²) in [5.74, 6) is 2.82. The molecular formula is C23H27N5O. The maximum atomic E-state index is 9.87. The van der Waals surface area contributed by atoms with E-state index < -0.39 is 0 Å². The molecule has 0 bridgehead atoms. The van der Waals surface area contributed by atoms with Crippen LogP contribution in [0, 0.1) is 5.92 Å². The van der Waals surface area contributed by atoms with Gasteiger partial charge in [0.15, 0.2) is 5.82 Å². The molecule has 6 nitrogen and oxygen atoms in total. The molecule has 2 aromatic heterocycles. The van der Waals surface area contributed by atoms with Crippen LogP contribution < -0.4 is 9.80 Å². The number of nitrogens with zero attached hydrogens (tertiary/aromatic N) is 5. The number of piperidine rings is 1. The molecule has 2 aliphatic heterocycles. The normalized spacial score (nSPS) is 19.4. The van der Waals surface area contributed by atoms with Crippen LogP contribution in [0.3, 0.4) is 0 Å². The molecule has 0 amide bonds. The number of pyridine rings is 1. The number of hydrogen-bond acceptors (Lipinski definition) is 6. The molecule has 1 atom stereocenters. The van der Waals surface area contributed by atoms with Crippen LogP contribution in [-0.2, 0) is 0 Å². The molecule has 1 N–H and O–H groups in total. The minimum absolute atomic E-state index is 0.229. The quantitative estimate of drug-likeness (QED) is 0.739. The number of para-hydroxylation sites is 1. The maximum absolute atomic E-state index is 9.87. The number of fused-ring (bicyclic) bond motifs is 1. The number of aliphatic hydroxyl groups is 1. The topological polar surface area (TPSA) is 65.4 Å². The van der Waals surface area contributed by atoms with Crippen molar-refractivity contribution in [3.05, 3.63) is 54.5 Å².